The molecule has 3 rings (SSSR count). The summed E-state index contributed by atoms with van der Waals surface area (Å²) in [6.07, 6.45) is 2.51. The van der Waals surface area contributed by atoms with Gasteiger partial charge >= 0.3 is 0 Å². The molecule has 1 N–H and O–H groups in total. The maximum atomic E-state index is 13.2. The van der Waals surface area contributed by atoms with E-state index in [1.54, 1.807) is 14.0 Å². The van der Waals surface area contributed by atoms with Gasteiger partial charge in [-0.2, -0.15) is 0 Å². The SMILES string of the molecule is Cc1cc(F)ccc1S(=O)(=O)N(C)CCc1c[nH]c2ccccc12. The fourth-order valence-corrected chi connectivity index (χ4v) is 4.18. The normalized spacial score (nSPS) is 12.2. The van der Waals surface area contributed by atoms with Gasteiger partial charge in [0.05, 0.1) is 4.90 Å². The number of H-pyrrole nitrogens is 1. The lowest BCUT2D eigenvalue weighted by atomic mass is 10.1. The van der Waals surface area contributed by atoms with E-state index in [1.807, 2.05) is 30.5 Å². The third-order valence-electron chi connectivity index (χ3n) is 4.20. The number of nitrogens with zero attached hydrogens (tertiary/aromatic N) is 1. The molecule has 126 valence electrons. The Hall–Kier alpha value is -2.18. The number of likely N-dealkylation sites (N-methyl/N-ethyl adjacent to an activating group) is 1. The fraction of sp³-hybridized carbons (Fsp3) is 0.222. The highest BCUT2D eigenvalue weighted by molar-refractivity contribution is 7.89. The van der Waals surface area contributed by atoms with Crippen LogP contribution in [0.2, 0.25) is 0 Å². The Morgan fingerprint density at radius 2 is 1.92 bits per heavy atom. The number of halogens is 1. The minimum atomic E-state index is -3.64. The van der Waals surface area contributed by atoms with Crippen molar-refractivity contribution in [3.8, 4) is 0 Å². The first kappa shape index (κ1) is 16.7. The number of fused-ring (bicyclic) bond motifs is 1. The average Bonchev–Trinajstić information content (AvgIpc) is 2.95. The molecular formula is C18H19FN2O2S. The molecule has 0 fully saturated rings. The van der Waals surface area contributed by atoms with Crippen LogP contribution >= 0.6 is 0 Å². The number of sulfonamides is 1. The summed E-state index contributed by atoms with van der Waals surface area (Å²) >= 11 is 0. The lowest BCUT2D eigenvalue weighted by Crippen LogP contribution is -2.29. The fourth-order valence-electron chi connectivity index (χ4n) is 2.81. The summed E-state index contributed by atoms with van der Waals surface area (Å²) in [6.45, 7) is 1.95. The molecule has 0 atom stereocenters. The number of benzene rings is 2. The van der Waals surface area contributed by atoms with E-state index in [0.717, 1.165) is 16.5 Å². The van der Waals surface area contributed by atoms with Gasteiger partial charge in [-0.15, -0.1) is 0 Å². The van der Waals surface area contributed by atoms with Crippen molar-refractivity contribution in [2.45, 2.75) is 18.2 Å². The van der Waals surface area contributed by atoms with Crippen LogP contribution in [0.4, 0.5) is 4.39 Å². The summed E-state index contributed by atoms with van der Waals surface area (Å²) in [7, 11) is -2.09. The van der Waals surface area contributed by atoms with Gasteiger partial charge in [-0.3, -0.25) is 0 Å². The number of hydrogen-bond donors (Lipinski definition) is 1. The van der Waals surface area contributed by atoms with Crippen molar-refractivity contribution in [1.82, 2.24) is 9.29 Å². The molecule has 24 heavy (non-hydrogen) atoms. The molecule has 1 aromatic heterocycles. The van der Waals surface area contributed by atoms with Crippen LogP contribution in [0.5, 0.6) is 0 Å². The van der Waals surface area contributed by atoms with Crippen LogP contribution in [0.1, 0.15) is 11.1 Å². The first-order valence-corrected chi connectivity index (χ1v) is 9.11. The summed E-state index contributed by atoms with van der Waals surface area (Å²) < 4.78 is 39.9. The number of nitrogens with one attached hydrogen (secondary N) is 1. The standard InChI is InChI=1S/C18H19FN2O2S/c1-13-11-15(19)7-8-18(13)24(22,23)21(2)10-9-14-12-20-17-6-4-3-5-16(14)17/h3-8,11-12,20H,9-10H2,1-2H3. The van der Waals surface area contributed by atoms with Crippen LogP contribution in [-0.4, -0.2) is 31.3 Å². The second-order valence-electron chi connectivity index (χ2n) is 5.85. The van der Waals surface area contributed by atoms with Crippen molar-refractivity contribution in [3.05, 3.63) is 65.6 Å². The summed E-state index contributed by atoms with van der Waals surface area (Å²) in [5.74, 6) is -0.437. The smallest absolute Gasteiger partial charge is 0.243 e. The van der Waals surface area contributed by atoms with Gasteiger partial charge in [-0.1, -0.05) is 18.2 Å². The Bertz CT molecular complexity index is 980. The zero-order valence-electron chi connectivity index (χ0n) is 13.6. The van der Waals surface area contributed by atoms with E-state index < -0.39 is 15.8 Å². The minimum absolute atomic E-state index is 0.144. The highest BCUT2D eigenvalue weighted by Gasteiger charge is 2.23. The molecule has 0 unspecified atom stereocenters. The zero-order chi connectivity index (χ0) is 17.3. The van der Waals surface area contributed by atoms with E-state index in [4.69, 9.17) is 0 Å². The van der Waals surface area contributed by atoms with Gasteiger partial charge in [0.1, 0.15) is 5.82 Å². The molecular weight excluding hydrogens is 327 g/mol. The summed E-state index contributed by atoms with van der Waals surface area (Å²) in [4.78, 5) is 3.33. The van der Waals surface area contributed by atoms with Crippen molar-refractivity contribution >= 4 is 20.9 Å². The second-order valence-corrected chi connectivity index (χ2v) is 7.86. The number of rotatable bonds is 5. The molecule has 0 aliphatic carbocycles. The van der Waals surface area contributed by atoms with Gasteiger partial charge in [0, 0.05) is 30.7 Å². The Morgan fingerprint density at radius 1 is 1.17 bits per heavy atom. The number of aromatic nitrogens is 1. The van der Waals surface area contributed by atoms with E-state index >= 15 is 0 Å². The first-order chi connectivity index (χ1) is 11.4. The highest BCUT2D eigenvalue weighted by atomic mass is 32.2. The van der Waals surface area contributed by atoms with Gasteiger partial charge in [0.2, 0.25) is 10.0 Å². The number of aromatic amines is 1. The van der Waals surface area contributed by atoms with Gasteiger partial charge in [0.25, 0.3) is 0 Å². The molecule has 6 heteroatoms. The van der Waals surface area contributed by atoms with E-state index in [1.165, 1.54) is 22.5 Å². The number of para-hydroxylation sites is 1. The monoisotopic (exact) mass is 346 g/mol. The van der Waals surface area contributed by atoms with E-state index in [9.17, 15) is 12.8 Å². The van der Waals surface area contributed by atoms with Gasteiger partial charge < -0.3 is 4.98 Å². The Morgan fingerprint density at radius 3 is 2.67 bits per heavy atom. The van der Waals surface area contributed by atoms with Crippen LogP contribution in [0, 0.1) is 12.7 Å². The topological polar surface area (TPSA) is 53.2 Å². The van der Waals surface area contributed by atoms with Crippen molar-refractivity contribution in [2.75, 3.05) is 13.6 Å². The van der Waals surface area contributed by atoms with Crippen LogP contribution in [0.15, 0.2) is 53.6 Å². The van der Waals surface area contributed by atoms with Crippen molar-refractivity contribution in [1.29, 1.82) is 0 Å². The molecule has 0 radical (unpaired) electrons. The quantitative estimate of drug-likeness (QED) is 0.769. The summed E-state index contributed by atoms with van der Waals surface area (Å²) in [5, 5.41) is 1.10. The molecule has 4 nitrogen and oxygen atoms in total. The number of aryl methyl sites for hydroxylation is 1. The highest BCUT2D eigenvalue weighted by Crippen LogP contribution is 2.22. The lowest BCUT2D eigenvalue weighted by molar-refractivity contribution is 0.472. The number of hydrogen-bond acceptors (Lipinski definition) is 2. The molecule has 0 saturated carbocycles. The zero-order valence-corrected chi connectivity index (χ0v) is 14.4. The van der Waals surface area contributed by atoms with Crippen molar-refractivity contribution in [2.24, 2.45) is 0 Å². The minimum Gasteiger partial charge on any atom is -0.361 e. The summed E-state index contributed by atoms with van der Waals surface area (Å²) in [5.41, 5.74) is 2.52. The molecule has 0 bridgehead atoms. The molecule has 2 aromatic carbocycles. The molecule has 0 aliphatic heterocycles. The Kier molecular flexibility index (Phi) is 4.43. The van der Waals surface area contributed by atoms with Crippen LogP contribution in [0.25, 0.3) is 10.9 Å². The van der Waals surface area contributed by atoms with Crippen LogP contribution < -0.4 is 0 Å². The maximum absolute atomic E-state index is 13.2. The first-order valence-electron chi connectivity index (χ1n) is 7.67. The molecule has 0 aliphatic rings. The van der Waals surface area contributed by atoms with E-state index in [0.29, 0.717) is 18.5 Å². The van der Waals surface area contributed by atoms with Gasteiger partial charge in [-0.25, -0.2) is 17.1 Å². The van der Waals surface area contributed by atoms with Gasteiger partial charge in [-0.05, 0) is 48.7 Å². The third kappa shape index (κ3) is 3.07. The molecule has 3 aromatic rings. The van der Waals surface area contributed by atoms with Crippen molar-refractivity contribution in [3.63, 3.8) is 0 Å². The van der Waals surface area contributed by atoms with Gasteiger partial charge in [0.15, 0.2) is 0 Å². The maximum Gasteiger partial charge on any atom is 0.243 e. The molecule has 1 heterocycles. The summed E-state index contributed by atoms with van der Waals surface area (Å²) in [6, 6.07) is 11.6. The van der Waals surface area contributed by atoms with E-state index in [-0.39, 0.29) is 4.90 Å². The lowest BCUT2D eigenvalue weighted by Gasteiger charge is -2.18. The predicted octanol–water partition coefficient (Wildman–Crippen LogP) is 3.48. The third-order valence-corrected chi connectivity index (χ3v) is 6.21. The molecule has 0 amide bonds. The van der Waals surface area contributed by atoms with Crippen LogP contribution in [0.3, 0.4) is 0 Å². The van der Waals surface area contributed by atoms with Crippen molar-refractivity contribution < 1.29 is 12.8 Å². The predicted molar refractivity (Wildman–Crippen MR) is 93.0 cm³/mol. The Balaban J connectivity index is 1.80. The Labute approximate surface area is 141 Å². The molecule has 0 spiro atoms. The average molecular weight is 346 g/mol. The second kappa shape index (κ2) is 6.37. The largest absolute Gasteiger partial charge is 0.361 e. The van der Waals surface area contributed by atoms with Crippen LogP contribution in [-0.2, 0) is 16.4 Å². The molecule has 0 saturated heterocycles. The van der Waals surface area contributed by atoms with E-state index in [2.05, 4.69) is 4.98 Å².